The smallest absolute Gasteiger partial charge is 0.358 e. The zero-order valence-corrected chi connectivity index (χ0v) is 11.1. The normalized spacial score (nSPS) is 10.2. The molecule has 0 saturated carbocycles. The number of carbonyl (C=O) groups excluding carboxylic acids is 1. The van der Waals surface area contributed by atoms with Crippen molar-refractivity contribution >= 4 is 22.4 Å². The number of hydrogen-bond donors (Lipinski definition) is 0. The van der Waals surface area contributed by atoms with E-state index in [1.54, 1.807) is 6.92 Å². The van der Waals surface area contributed by atoms with Gasteiger partial charge in [-0.15, -0.1) is 11.3 Å². The zero-order valence-electron chi connectivity index (χ0n) is 10.2. The molecule has 0 aliphatic carbocycles. The predicted octanol–water partition coefficient (Wildman–Crippen LogP) is 2.47. The van der Waals surface area contributed by atoms with Crippen LogP contribution in [0.1, 0.15) is 36.1 Å². The second-order valence-corrected chi connectivity index (χ2v) is 4.48. The second kappa shape index (κ2) is 5.84. The number of carbonyl (C=O) groups is 1. The van der Waals surface area contributed by atoms with E-state index in [1.165, 1.54) is 11.3 Å². The number of esters is 1. The van der Waals surface area contributed by atoms with Gasteiger partial charge in [-0.1, -0.05) is 0 Å². The van der Waals surface area contributed by atoms with Gasteiger partial charge >= 0.3 is 5.97 Å². The summed E-state index contributed by atoms with van der Waals surface area (Å²) in [4.78, 5) is 19.0. The Kier molecular flexibility index (Phi) is 4.73. The van der Waals surface area contributed by atoms with Crippen LogP contribution in [0.3, 0.4) is 0 Å². The number of ether oxygens (including phenoxy) is 1. The predicted molar refractivity (Wildman–Crippen MR) is 66.4 cm³/mol. The molecule has 0 amide bonds. The third kappa shape index (κ3) is 2.72. The third-order valence-corrected chi connectivity index (χ3v) is 3.32. The Morgan fingerprint density at radius 1 is 1.38 bits per heavy atom. The van der Waals surface area contributed by atoms with E-state index in [4.69, 9.17) is 4.74 Å². The summed E-state index contributed by atoms with van der Waals surface area (Å²) in [6, 6.07) is 0. The van der Waals surface area contributed by atoms with Crippen molar-refractivity contribution in [3.05, 3.63) is 10.6 Å². The van der Waals surface area contributed by atoms with Crippen molar-refractivity contribution < 1.29 is 9.53 Å². The minimum atomic E-state index is -0.324. The van der Waals surface area contributed by atoms with Crippen LogP contribution in [0.4, 0.5) is 5.13 Å². The van der Waals surface area contributed by atoms with Crippen molar-refractivity contribution in [3.8, 4) is 0 Å². The molecular formula is C11H18N2O2S. The van der Waals surface area contributed by atoms with Gasteiger partial charge in [-0.25, -0.2) is 9.78 Å². The molecule has 16 heavy (non-hydrogen) atoms. The average Bonchev–Trinajstić information content (AvgIpc) is 2.63. The largest absolute Gasteiger partial charge is 0.461 e. The van der Waals surface area contributed by atoms with Gasteiger partial charge < -0.3 is 9.64 Å². The summed E-state index contributed by atoms with van der Waals surface area (Å²) in [6.07, 6.45) is 0. The van der Waals surface area contributed by atoms with Gasteiger partial charge in [-0.05, 0) is 27.7 Å². The summed E-state index contributed by atoms with van der Waals surface area (Å²) in [7, 11) is 0. The molecule has 0 aromatic carbocycles. The lowest BCUT2D eigenvalue weighted by Gasteiger charge is -2.16. The maximum atomic E-state index is 11.6. The van der Waals surface area contributed by atoms with E-state index in [0.717, 1.165) is 23.1 Å². The van der Waals surface area contributed by atoms with Crippen molar-refractivity contribution in [2.75, 3.05) is 24.6 Å². The third-order valence-electron chi connectivity index (χ3n) is 2.29. The molecule has 0 aliphatic heterocycles. The highest BCUT2D eigenvalue weighted by Gasteiger charge is 2.18. The number of hydrogen-bond acceptors (Lipinski definition) is 5. The molecule has 90 valence electrons. The number of rotatable bonds is 5. The average molecular weight is 242 g/mol. The van der Waals surface area contributed by atoms with Crippen LogP contribution < -0.4 is 4.90 Å². The molecule has 0 spiro atoms. The minimum absolute atomic E-state index is 0.324. The fraction of sp³-hybridized carbons (Fsp3) is 0.636. The molecule has 0 fully saturated rings. The van der Waals surface area contributed by atoms with Crippen LogP contribution in [-0.2, 0) is 4.74 Å². The van der Waals surface area contributed by atoms with E-state index < -0.39 is 0 Å². The van der Waals surface area contributed by atoms with E-state index in [-0.39, 0.29) is 5.97 Å². The molecule has 0 atom stereocenters. The Morgan fingerprint density at radius 2 is 2.00 bits per heavy atom. The molecule has 5 heteroatoms. The van der Waals surface area contributed by atoms with Crippen molar-refractivity contribution in [3.63, 3.8) is 0 Å². The molecule has 0 bridgehead atoms. The molecule has 1 aromatic heterocycles. The lowest BCUT2D eigenvalue weighted by atomic mass is 10.4. The summed E-state index contributed by atoms with van der Waals surface area (Å²) >= 11 is 1.54. The van der Waals surface area contributed by atoms with Crippen LogP contribution in [0, 0.1) is 6.92 Å². The van der Waals surface area contributed by atoms with E-state index in [9.17, 15) is 4.79 Å². The van der Waals surface area contributed by atoms with Crippen LogP contribution in [0.5, 0.6) is 0 Å². The highest BCUT2D eigenvalue weighted by Crippen LogP contribution is 2.25. The highest BCUT2D eigenvalue weighted by atomic mass is 32.1. The van der Waals surface area contributed by atoms with Crippen LogP contribution in [0.15, 0.2) is 0 Å². The van der Waals surface area contributed by atoms with Crippen LogP contribution in [-0.4, -0.2) is 30.6 Å². The Labute approximate surface area is 100 Å². The second-order valence-electron chi connectivity index (χ2n) is 3.29. The van der Waals surface area contributed by atoms with E-state index in [0.29, 0.717) is 12.3 Å². The van der Waals surface area contributed by atoms with Crippen molar-refractivity contribution in [1.29, 1.82) is 0 Å². The van der Waals surface area contributed by atoms with Crippen molar-refractivity contribution in [2.24, 2.45) is 0 Å². The number of anilines is 1. The molecule has 1 heterocycles. The minimum Gasteiger partial charge on any atom is -0.461 e. The first-order valence-corrected chi connectivity index (χ1v) is 6.35. The summed E-state index contributed by atoms with van der Waals surface area (Å²) in [5, 5.41) is 0.894. The van der Waals surface area contributed by atoms with Gasteiger partial charge in [0.25, 0.3) is 0 Å². The van der Waals surface area contributed by atoms with Gasteiger partial charge in [0, 0.05) is 18.0 Å². The van der Waals surface area contributed by atoms with Crippen molar-refractivity contribution in [1.82, 2.24) is 4.98 Å². The van der Waals surface area contributed by atoms with Gasteiger partial charge in [0.2, 0.25) is 0 Å². The van der Waals surface area contributed by atoms with Crippen LogP contribution in [0.2, 0.25) is 0 Å². The van der Waals surface area contributed by atoms with Gasteiger partial charge in [-0.2, -0.15) is 0 Å². The quantitative estimate of drug-likeness (QED) is 0.744. The first-order chi connectivity index (χ1) is 7.63. The Bertz CT molecular complexity index is 359. The number of thiazole rings is 1. The number of aryl methyl sites for hydroxylation is 1. The topological polar surface area (TPSA) is 42.4 Å². The standard InChI is InChI=1S/C11H18N2O2S/c1-5-13(6-2)11-12-9(8(4)16-11)10(14)15-7-3/h5-7H2,1-4H3. The molecule has 1 aromatic rings. The summed E-state index contributed by atoms with van der Waals surface area (Å²) in [5.74, 6) is -0.324. The molecule has 0 radical (unpaired) electrons. The van der Waals surface area contributed by atoms with Gasteiger partial charge in [0.1, 0.15) is 0 Å². The molecule has 4 nitrogen and oxygen atoms in total. The zero-order chi connectivity index (χ0) is 12.1. The summed E-state index contributed by atoms with van der Waals surface area (Å²) in [6.45, 7) is 10.0. The lowest BCUT2D eigenvalue weighted by Crippen LogP contribution is -2.21. The summed E-state index contributed by atoms with van der Waals surface area (Å²) in [5.41, 5.74) is 0.453. The molecule has 1 rings (SSSR count). The molecule has 0 unspecified atom stereocenters. The van der Waals surface area contributed by atoms with Gasteiger partial charge in [0.15, 0.2) is 10.8 Å². The number of aromatic nitrogens is 1. The van der Waals surface area contributed by atoms with E-state index >= 15 is 0 Å². The fourth-order valence-electron chi connectivity index (χ4n) is 1.40. The van der Waals surface area contributed by atoms with E-state index in [2.05, 4.69) is 23.7 Å². The molecule has 0 N–H and O–H groups in total. The molecule has 0 saturated heterocycles. The first-order valence-electron chi connectivity index (χ1n) is 5.53. The lowest BCUT2D eigenvalue weighted by molar-refractivity contribution is 0.0519. The van der Waals surface area contributed by atoms with Crippen molar-refractivity contribution in [2.45, 2.75) is 27.7 Å². The molecular weight excluding hydrogens is 224 g/mol. The fourth-order valence-corrected chi connectivity index (χ4v) is 2.42. The van der Waals surface area contributed by atoms with Crippen LogP contribution in [0.25, 0.3) is 0 Å². The Morgan fingerprint density at radius 3 is 2.50 bits per heavy atom. The Hall–Kier alpha value is -1.10. The van der Waals surface area contributed by atoms with Gasteiger partial charge in [-0.3, -0.25) is 0 Å². The first kappa shape index (κ1) is 13.0. The number of nitrogens with zero attached hydrogens (tertiary/aromatic N) is 2. The maximum Gasteiger partial charge on any atom is 0.358 e. The molecule has 0 aliphatic rings. The van der Waals surface area contributed by atoms with E-state index in [1.807, 2.05) is 6.92 Å². The highest BCUT2D eigenvalue weighted by molar-refractivity contribution is 7.15. The SMILES string of the molecule is CCOC(=O)c1nc(N(CC)CC)sc1C. The van der Waals surface area contributed by atoms with Crippen LogP contribution >= 0.6 is 11.3 Å². The maximum absolute atomic E-state index is 11.6. The van der Waals surface area contributed by atoms with Gasteiger partial charge in [0.05, 0.1) is 6.61 Å². The Balaban J connectivity index is 2.92. The monoisotopic (exact) mass is 242 g/mol. The summed E-state index contributed by atoms with van der Waals surface area (Å²) < 4.78 is 4.96.